The van der Waals surface area contributed by atoms with Crippen LogP contribution in [0.1, 0.15) is 43.1 Å². The van der Waals surface area contributed by atoms with Gasteiger partial charge in [-0.1, -0.05) is 18.9 Å². The topological polar surface area (TPSA) is 90.6 Å². The first-order valence-corrected chi connectivity index (χ1v) is 13.9. The van der Waals surface area contributed by atoms with Crippen LogP contribution < -0.4 is 16.0 Å². The maximum absolute atomic E-state index is 4.69. The second-order valence-electron chi connectivity index (χ2n) is 10.1. The summed E-state index contributed by atoms with van der Waals surface area (Å²) < 4.78 is 0. The third-order valence-corrected chi connectivity index (χ3v) is 8.28. The van der Waals surface area contributed by atoms with Gasteiger partial charge in [-0.05, 0) is 77.0 Å². The highest BCUT2D eigenvalue weighted by Crippen LogP contribution is 2.43. The second-order valence-corrected chi connectivity index (χ2v) is 10.9. The van der Waals surface area contributed by atoms with Gasteiger partial charge in [0.1, 0.15) is 11.9 Å². The van der Waals surface area contributed by atoms with Crippen LogP contribution in [0.3, 0.4) is 0 Å². The minimum absolute atomic E-state index is 0.148. The summed E-state index contributed by atoms with van der Waals surface area (Å²) in [6.45, 7) is 1.95. The summed E-state index contributed by atoms with van der Waals surface area (Å²) in [4.78, 5) is 9.00. The molecule has 1 aliphatic heterocycles. The molecule has 7 rings (SSSR count). The summed E-state index contributed by atoms with van der Waals surface area (Å²) in [5, 5.41) is 24.1. The van der Waals surface area contributed by atoms with Gasteiger partial charge in [-0.2, -0.15) is 16.4 Å². The van der Waals surface area contributed by atoms with E-state index in [1.54, 1.807) is 11.3 Å². The van der Waals surface area contributed by atoms with Crippen molar-refractivity contribution in [2.45, 2.75) is 38.4 Å². The third kappa shape index (κ3) is 4.36. The Morgan fingerprint density at radius 2 is 1.84 bits per heavy atom. The molecular weight excluding hydrogens is 478 g/mol. The number of benzene rings is 1. The number of aromatic amines is 1. The summed E-state index contributed by atoms with van der Waals surface area (Å²) >= 11 is 1.69. The van der Waals surface area contributed by atoms with E-state index in [1.807, 2.05) is 24.8 Å². The zero-order valence-corrected chi connectivity index (χ0v) is 21.3. The van der Waals surface area contributed by atoms with Crippen molar-refractivity contribution in [1.82, 2.24) is 25.5 Å². The van der Waals surface area contributed by atoms with Crippen LogP contribution in [0.2, 0.25) is 0 Å². The van der Waals surface area contributed by atoms with Crippen molar-refractivity contribution >= 4 is 33.6 Å². The number of hydrogen-bond donors (Lipinski definition) is 4. The minimum Gasteiger partial charge on any atom is -0.358 e. The Balaban J connectivity index is 1.14. The fraction of sp³-hybridized carbons (Fsp3) is 0.276. The lowest BCUT2D eigenvalue weighted by Crippen LogP contribution is -2.20. The molecular formula is C29H29N7S. The predicted octanol–water partition coefficient (Wildman–Crippen LogP) is 6.56. The van der Waals surface area contributed by atoms with Gasteiger partial charge in [-0.15, -0.1) is 0 Å². The molecule has 0 spiro atoms. The first-order chi connectivity index (χ1) is 18.3. The molecule has 2 aliphatic rings. The van der Waals surface area contributed by atoms with E-state index >= 15 is 0 Å². The molecule has 7 nitrogen and oxygen atoms in total. The molecule has 186 valence electrons. The van der Waals surface area contributed by atoms with Crippen LogP contribution in [0, 0.1) is 5.92 Å². The summed E-state index contributed by atoms with van der Waals surface area (Å²) in [6, 6.07) is 10.8. The quantitative estimate of drug-likeness (QED) is 0.199. The molecule has 5 aromatic rings. The van der Waals surface area contributed by atoms with E-state index in [4.69, 9.17) is 0 Å². The van der Waals surface area contributed by atoms with Crippen molar-refractivity contribution in [2.75, 3.05) is 17.2 Å². The zero-order valence-electron chi connectivity index (χ0n) is 20.5. The molecule has 4 N–H and O–H groups in total. The van der Waals surface area contributed by atoms with Gasteiger partial charge < -0.3 is 16.0 Å². The Kier molecular flexibility index (Phi) is 5.83. The molecule has 0 saturated heterocycles. The van der Waals surface area contributed by atoms with Crippen LogP contribution in [0.5, 0.6) is 0 Å². The lowest BCUT2D eigenvalue weighted by Gasteiger charge is -2.12. The van der Waals surface area contributed by atoms with Gasteiger partial charge in [0.2, 0.25) is 0 Å². The molecule has 1 aliphatic carbocycles. The Hall–Kier alpha value is -3.75. The summed E-state index contributed by atoms with van der Waals surface area (Å²) in [7, 11) is 0. The van der Waals surface area contributed by atoms with Crippen molar-refractivity contribution in [3.8, 4) is 22.3 Å². The van der Waals surface area contributed by atoms with Crippen molar-refractivity contribution in [2.24, 2.45) is 5.92 Å². The van der Waals surface area contributed by atoms with Gasteiger partial charge in [0.25, 0.3) is 0 Å². The molecule has 1 aromatic carbocycles. The first-order valence-electron chi connectivity index (χ1n) is 13.0. The molecule has 1 unspecified atom stereocenters. The van der Waals surface area contributed by atoms with Gasteiger partial charge in [-0.25, -0.2) is 0 Å². The molecule has 0 amide bonds. The van der Waals surface area contributed by atoms with E-state index in [0.29, 0.717) is 0 Å². The summed E-state index contributed by atoms with van der Waals surface area (Å²) in [6.07, 6.45) is 13.0. The first kappa shape index (κ1) is 22.4. The second kappa shape index (κ2) is 9.61. The van der Waals surface area contributed by atoms with E-state index in [1.165, 1.54) is 36.8 Å². The SMILES string of the molecule is c1cc(-c2cncc3c2NC(c2n[nH]c4ccc(-c5cncc(CNCC6CCCC6)c5)cc24)N3)cs1. The highest BCUT2D eigenvalue weighted by molar-refractivity contribution is 7.08. The molecule has 4 aromatic heterocycles. The number of thiophene rings is 1. The van der Waals surface area contributed by atoms with Crippen molar-refractivity contribution in [3.63, 3.8) is 0 Å². The number of fused-ring (bicyclic) bond motifs is 2. The Morgan fingerprint density at radius 3 is 2.73 bits per heavy atom. The van der Waals surface area contributed by atoms with Crippen LogP contribution in [0.15, 0.2) is 65.9 Å². The minimum atomic E-state index is -0.148. The van der Waals surface area contributed by atoms with Crippen molar-refractivity contribution in [3.05, 3.63) is 77.1 Å². The van der Waals surface area contributed by atoms with E-state index in [0.717, 1.165) is 63.7 Å². The molecule has 8 heteroatoms. The fourth-order valence-electron chi connectivity index (χ4n) is 5.65. The van der Waals surface area contributed by atoms with Crippen LogP contribution in [0.4, 0.5) is 11.4 Å². The molecule has 0 radical (unpaired) electrons. The van der Waals surface area contributed by atoms with Gasteiger partial charge >= 0.3 is 0 Å². The van der Waals surface area contributed by atoms with Gasteiger partial charge in [0.15, 0.2) is 0 Å². The number of rotatable bonds is 7. The van der Waals surface area contributed by atoms with Gasteiger partial charge in [-0.3, -0.25) is 15.1 Å². The lowest BCUT2D eigenvalue weighted by molar-refractivity contribution is 0.489. The highest BCUT2D eigenvalue weighted by Gasteiger charge is 2.27. The van der Waals surface area contributed by atoms with Gasteiger partial charge in [0.05, 0.1) is 23.1 Å². The monoisotopic (exact) mass is 507 g/mol. The highest BCUT2D eigenvalue weighted by atomic mass is 32.1. The number of nitrogens with one attached hydrogen (secondary N) is 4. The van der Waals surface area contributed by atoms with E-state index in [2.05, 4.69) is 77.2 Å². The Morgan fingerprint density at radius 1 is 0.919 bits per heavy atom. The largest absolute Gasteiger partial charge is 0.358 e. The maximum Gasteiger partial charge on any atom is 0.143 e. The molecule has 1 fully saturated rings. The average Bonchev–Trinajstić information content (AvgIpc) is 3.74. The summed E-state index contributed by atoms with van der Waals surface area (Å²) in [5.41, 5.74) is 9.73. The summed E-state index contributed by atoms with van der Waals surface area (Å²) in [5.74, 6) is 0.833. The number of hydrogen-bond acceptors (Lipinski definition) is 7. The maximum atomic E-state index is 4.69. The van der Waals surface area contributed by atoms with Gasteiger partial charge in [0, 0.05) is 41.6 Å². The number of pyridine rings is 2. The number of aromatic nitrogens is 4. The third-order valence-electron chi connectivity index (χ3n) is 7.60. The van der Waals surface area contributed by atoms with Crippen LogP contribution >= 0.6 is 11.3 Å². The van der Waals surface area contributed by atoms with Crippen molar-refractivity contribution in [1.29, 1.82) is 0 Å². The number of nitrogens with zero attached hydrogens (tertiary/aromatic N) is 3. The average molecular weight is 508 g/mol. The van der Waals surface area contributed by atoms with Crippen LogP contribution in [-0.4, -0.2) is 26.7 Å². The molecule has 5 heterocycles. The van der Waals surface area contributed by atoms with Crippen LogP contribution in [-0.2, 0) is 6.54 Å². The number of H-pyrrole nitrogens is 1. The lowest BCUT2D eigenvalue weighted by atomic mass is 10.0. The molecule has 37 heavy (non-hydrogen) atoms. The molecule has 0 bridgehead atoms. The van der Waals surface area contributed by atoms with E-state index in [9.17, 15) is 0 Å². The Labute approximate surface area is 219 Å². The van der Waals surface area contributed by atoms with Crippen molar-refractivity contribution < 1.29 is 0 Å². The molecule has 1 atom stereocenters. The smallest absolute Gasteiger partial charge is 0.143 e. The normalized spacial score (nSPS) is 17.1. The predicted molar refractivity (Wildman–Crippen MR) is 151 cm³/mol. The Bertz CT molecular complexity index is 1540. The molecule has 1 saturated carbocycles. The van der Waals surface area contributed by atoms with E-state index in [-0.39, 0.29) is 6.17 Å². The number of anilines is 2. The van der Waals surface area contributed by atoms with E-state index < -0.39 is 0 Å². The zero-order chi connectivity index (χ0) is 24.6. The standard InChI is InChI=1S/C29H29N7S/c1-2-4-18(3-1)11-30-12-19-9-22(14-31-13-19)20-5-6-25-23(10-20)28(36-35-25)29-33-26-16-32-15-24(27(26)34-29)21-7-8-37-17-21/h5-10,13-18,29-30,33-34H,1-4,11-12H2,(H,35,36). The fourth-order valence-corrected chi connectivity index (χ4v) is 6.30. The van der Waals surface area contributed by atoms with Crippen LogP contribution in [0.25, 0.3) is 33.2 Å².